The van der Waals surface area contributed by atoms with E-state index in [4.69, 9.17) is 5.11 Å². The van der Waals surface area contributed by atoms with Gasteiger partial charge in [0.05, 0.1) is 5.51 Å². The largest absolute Gasteiger partial charge is 0.396 e. The zero-order valence-electron chi connectivity index (χ0n) is 8.91. The number of nitrogens with zero attached hydrogens (tertiary/aromatic N) is 1. The standard InChI is InChI=1S/C11H18N2OS/c14-5-4-11(2-1-3-11)8-12-6-10-7-13-9-15-10/h7,9,12,14H,1-6,8H2. The number of aliphatic hydroxyl groups excluding tert-OH is 1. The van der Waals surface area contributed by atoms with Crippen LogP contribution >= 0.6 is 11.3 Å². The molecule has 2 N–H and O–H groups in total. The molecule has 2 rings (SSSR count). The third-order valence-corrected chi connectivity index (χ3v) is 4.12. The van der Waals surface area contributed by atoms with Crippen molar-refractivity contribution in [3.63, 3.8) is 0 Å². The van der Waals surface area contributed by atoms with Crippen molar-refractivity contribution in [2.45, 2.75) is 32.2 Å². The highest BCUT2D eigenvalue weighted by atomic mass is 32.1. The van der Waals surface area contributed by atoms with Crippen LogP contribution in [0.2, 0.25) is 0 Å². The molecule has 15 heavy (non-hydrogen) atoms. The maximum absolute atomic E-state index is 9.01. The number of rotatable bonds is 6. The van der Waals surface area contributed by atoms with E-state index in [-0.39, 0.29) is 0 Å². The fourth-order valence-electron chi connectivity index (χ4n) is 2.21. The molecule has 0 aliphatic heterocycles. The summed E-state index contributed by atoms with van der Waals surface area (Å²) >= 11 is 1.69. The van der Waals surface area contributed by atoms with Gasteiger partial charge in [0, 0.05) is 30.8 Å². The number of hydrogen-bond donors (Lipinski definition) is 2. The van der Waals surface area contributed by atoms with Gasteiger partial charge in [0.1, 0.15) is 0 Å². The van der Waals surface area contributed by atoms with Crippen LogP contribution in [0.15, 0.2) is 11.7 Å². The molecule has 0 saturated heterocycles. The van der Waals surface area contributed by atoms with Crippen molar-refractivity contribution in [2.75, 3.05) is 13.2 Å². The van der Waals surface area contributed by atoms with Gasteiger partial charge < -0.3 is 10.4 Å². The smallest absolute Gasteiger partial charge is 0.0794 e. The summed E-state index contributed by atoms with van der Waals surface area (Å²) in [4.78, 5) is 5.33. The van der Waals surface area contributed by atoms with Gasteiger partial charge in [0.25, 0.3) is 0 Å². The molecule has 0 atom stereocenters. The normalized spacial score (nSPS) is 18.7. The zero-order valence-corrected chi connectivity index (χ0v) is 9.72. The number of nitrogens with one attached hydrogen (secondary N) is 1. The van der Waals surface area contributed by atoms with Crippen LogP contribution in [-0.2, 0) is 6.54 Å². The van der Waals surface area contributed by atoms with E-state index in [2.05, 4.69) is 10.3 Å². The third-order valence-electron chi connectivity index (χ3n) is 3.34. The fraction of sp³-hybridized carbons (Fsp3) is 0.727. The third kappa shape index (κ3) is 2.77. The monoisotopic (exact) mass is 226 g/mol. The van der Waals surface area contributed by atoms with E-state index in [1.54, 1.807) is 11.3 Å². The molecular formula is C11H18N2OS. The van der Waals surface area contributed by atoms with Gasteiger partial charge in [-0.05, 0) is 24.7 Å². The van der Waals surface area contributed by atoms with Gasteiger partial charge in [-0.15, -0.1) is 11.3 Å². The summed E-state index contributed by atoms with van der Waals surface area (Å²) in [5.41, 5.74) is 2.25. The van der Waals surface area contributed by atoms with Crippen molar-refractivity contribution >= 4 is 11.3 Å². The average molecular weight is 226 g/mol. The van der Waals surface area contributed by atoms with Crippen molar-refractivity contribution < 1.29 is 5.11 Å². The summed E-state index contributed by atoms with van der Waals surface area (Å²) in [6.07, 6.45) is 6.72. The molecule has 1 aliphatic carbocycles. The predicted octanol–water partition coefficient (Wildman–Crippen LogP) is 1.79. The second kappa shape index (κ2) is 5.05. The lowest BCUT2D eigenvalue weighted by Gasteiger charge is -2.42. The maximum atomic E-state index is 9.01. The Hall–Kier alpha value is -0.450. The zero-order chi connectivity index (χ0) is 10.6. The van der Waals surface area contributed by atoms with Gasteiger partial charge in [0.15, 0.2) is 0 Å². The Morgan fingerprint density at radius 3 is 2.93 bits per heavy atom. The van der Waals surface area contributed by atoms with E-state index in [0.717, 1.165) is 19.5 Å². The minimum absolute atomic E-state index is 0.322. The van der Waals surface area contributed by atoms with Crippen molar-refractivity contribution in [1.29, 1.82) is 0 Å². The van der Waals surface area contributed by atoms with Gasteiger partial charge in [-0.3, -0.25) is 4.98 Å². The van der Waals surface area contributed by atoms with Gasteiger partial charge in [0.2, 0.25) is 0 Å². The summed E-state index contributed by atoms with van der Waals surface area (Å²) in [6.45, 7) is 2.27. The highest BCUT2D eigenvalue weighted by Gasteiger charge is 2.35. The van der Waals surface area contributed by atoms with E-state index in [1.165, 1.54) is 24.1 Å². The minimum Gasteiger partial charge on any atom is -0.396 e. The molecule has 0 spiro atoms. The fourth-order valence-corrected chi connectivity index (χ4v) is 2.77. The Kier molecular flexibility index (Phi) is 3.72. The van der Waals surface area contributed by atoms with Crippen LogP contribution in [0.25, 0.3) is 0 Å². The number of hydrogen-bond acceptors (Lipinski definition) is 4. The SMILES string of the molecule is OCCC1(CNCc2cncs2)CCC1. The van der Waals surface area contributed by atoms with Crippen LogP contribution in [0.5, 0.6) is 0 Å². The van der Waals surface area contributed by atoms with Gasteiger partial charge in [-0.25, -0.2) is 0 Å². The molecule has 4 heteroatoms. The quantitative estimate of drug-likeness (QED) is 0.777. The van der Waals surface area contributed by atoms with Crippen molar-refractivity contribution in [3.8, 4) is 0 Å². The van der Waals surface area contributed by atoms with Gasteiger partial charge in [-0.2, -0.15) is 0 Å². The van der Waals surface area contributed by atoms with E-state index in [1.807, 2.05) is 11.7 Å². The van der Waals surface area contributed by atoms with Gasteiger partial charge in [-0.1, -0.05) is 6.42 Å². The van der Waals surface area contributed by atoms with Crippen molar-refractivity contribution in [1.82, 2.24) is 10.3 Å². The highest BCUT2D eigenvalue weighted by Crippen LogP contribution is 2.43. The predicted molar refractivity (Wildman–Crippen MR) is 61.8 cm³/mol. The van der Waals surface area contributed by atoms with Crippen molar-refractivity contribution in [3.05, 3.63) is 16.6 Å². The molecule has 3 nitrogen and oxygen atoms in total. The molecule has 1 heterocycles. The first-order valence-corrected chi connectivity index (χ1v) is 6.42. The minimum atomic E-state index is 0.322. The summed E-state index contributed by atoms with van der Waals surface area (Å²) in [5, 5.41) is 12.5. The van der Waals surface area contributed by atoms with Crippen LogP contribution < -0.4 is 5.32 Å². The molecule has 1 aliphatic rings. The second-order valence-electron chi connectivity index (χ2n) is 4.40. The Morgan fingerprint density at radius 1 is 1.53 bits per heavy atom. The molecule has 1 aromatic heterocycles. The Balaban J connectivity index is 1.72. The maximum Gasteiger partial charge on any atom is 0.0794 e. The first kappa shape index (κ1) is 11.0. The van der Waals surface area contributed by atoms with Gasteiger partial charge >= 0.3 is 0 Å². The molecule has 84 valence electrons. The van der Waals surface area contributed by atoms with E-state index in [9.17, 15) is 0 Å². The van der Waals surface area contributed by atoms with Crippen LogP contribution in [0.1, 0.15) is 30.6 Å². The molecule has 0 radical (unpaired) electrons. The lowest BCUT2D eigenvalue weighted by molar-refractivity contribution is 0.0860. The lowest BCUT2D eigenvalue weighted by atomic mass is 9.67. The molecular weight excluding hydrogens is 208 g/mol. The summed E-state index contributed by atoms with van der Waals surface area (Å²) in [5.74, 6) is 0. The lowest BCUT2D eigenvalue weighted by Crippen LogP contribution is -2.40. The Morgan fingerprint density at radius 2 is 2.40 bits per heavy atom. The molecule has 0 amide bonds. The second-order valence-corrected chi connectivity index (χ2v) is 5.37. The van der Waals surface area contributed by atoms with Crippen LogP contribution in [0, 0.1) is 5.41 Å². The Bertz CT molecular complexity index is 283. The first-order valence-electron chi connectivity index (χ1n) is 5.54. The average Bonchev–Trinajstić information content (AvgIpc) is 2.67. The molecule has 0 aromatic carbocycles. The van der Waals surface area contributed by atoms with Crippen molar-refractivity contribution in [2.24, 2.45) is 5.41 Å². The topological polar surface area (TPSA) is 45.1 Å². The number of aromatic nitrogens is 1. The summed E-state index contributed by atoms with van der Waals surface area (Å²) in [6, 6.07) is 0. The Labute approximate surface area is 94.5 Å². The van der Waals surface area contributed by atoms with E-state index < -0.39 is 0 Å². The van der Waals surface area contributed by atoms with Crippen LogP contribution in [-0.4, -0.2) is 23.2 Å². The summed E-state index contributed by atoms with van der Waals surface area (Å²) in [7, 11) is 0. The molecule has 1 fully saturated rings. The molecule has 1 aromatic rings. The van der Waals surface area contributed by atoms with Crippen LogP contribution in [0.3, 0.4) is 0 Å². The summed E-state index contributed by atoms with van der Waals surface area (Å²) < 4.78 is 0. The van der Waals surface area contributed by atoms with E-state index in [0.29, 0.717) is 12.0 Å². The number of aliphatic hydroxyl groups is 1. The first-order chi connectivity index (χ1) is 7.35. The molecule has 0 unspecified atom stereocenters. The van der Waals surface area contributed by atoms with Crippen LogP contribution in [0.4, 0.5) is 0 Å². The highest BCUT2D eigenvalue weighted by molar-refractivity contribution is 7.09. The molecule has 0 bridgehead atoms. The van der Waals surface area contributed by atoms with E-state index >= 15 is 0 Å². The molecule has 1 saturated carbocycles. The number of thiazole rings is 1.